The topological polar surface area (TPSA) is 67.9 Å². The summed E-state index contributed by atoms with van der Waals surface area (Å²) in [6.07, 6.45) is 1.47. The predicted molar refractivity (Wildman–Crippen MR) is 111 cm³/mol. The van der Waals surface area contributed by atoms with E-state index in [0.29, 0.717) is 24.4 Å². The zero-order chi connectivity index (χ0) is 20.8. The van der Waals surface area contributed by atoms with Gasteiger partial charge in [0.15, 0.2) is 6.61 Å². The largest absolute Gasteiger partial charge is 0.497 e. The van der Waals surface area contributed by atoms with Crippen LogP contribution in [0.15, 0.2) is 42.5 Å². The lowest BCUT2D eigenvalue weighted by molar-refractivity contribution is -0.134. The van der Waals surface area contributed by atoms with Gasteiger partial charge in [-0.25, -0.2) is 0 Å². The number of piperidine rings is 1. The van der Waals surface area contributed by atoms with E-state index in [0.717, 1.165) is 24.2 Å². The van der Waals surface area contributed by atoms with Gasteiger partial charge in [0.05, 0.1) is 7.11 Å². The highest BCUT2D eigenvalue weighted by Crippen LogP contribution is 2.17. The van der Waals surface area contributed by atoms with Gasteiger partial charge in [-0.3, -0.25) is 9.59 Å². The van der Waals surface area contributed by atoms with Crippen molar-refractivity contribution in [1.82, 2.24) is 10.2 Å². The first-order valence-corrected chi connectivity index (χ1v) is 9.89. The first-order valence-electron chi connectivity index (χ1n) is 9.89. The smallest absolute Gasteiger partial charge is 0.260 e. The lowest BCUT2D eigenvalue weighted by Gasteiger charge is -2.32. The van der Waals surface area contributed by atoms with E-state index in [1.807, 2.05) is 32.0 Å². The van der Waals surface area contributed by atoms with Gasteiger partial charge in [-0.1, -0.05) is 6.07 Å². The van der Waals surface area contributed by atoms with Gasteiger partial charge in [0.25, 0.3) is 11.8 Å². The SMILES string of the molecule is COc1ccc(C(=O)NC2CCN(C(=O)COc3ccc(C)c(C)c3)CC2)cc1. The number of carbonyl (C=O) groups excluding carboxylic acids is 2. The molecule has 2 aromatic carbocycles. The number of benzene rings is 2. The molecule has 0 aromatic heterocycles. The second kappa shape index (κ2) is 9.45. The summed E-state index contributed by atoms with van der Waals surface area (Å²) in [5.41, 5.74) is 2.94. The number of nitrogens with one attached hydrogen (secondary N) is 1. The zero-order valence-electron chi connectivity index (χ0n) is 17.2. The van der Waals surface area contributed by atoms with Crippen molar-refractivity contribution in [3.63, 3.8) is 0 Å². The quantitative estimate of drug-likeness (QED) is 0.815. The average Bonchev–Trinajstić information content (AvgIpc) is 2.75. The molecular formula is C23H28N2O4. The van der Waals surface area contributed by atoms with Gasteiger partial charge in [-0.2, -0.15) is 0 Å². The maximum absolute atomic E-state index is 12.4. The van der Waals surface area contributed by atoms with E-state index in [4.69, 9.17) is 9.47 Å². The second-order valence-corrected chi connectivity index (χ2v) is 7.39. The molecule has 2 amide bonds. The van der Waals surface area contributed by atoms with Crippen LogP contribution in [0.25, 0.3) is 0 Å². The van der Waals surface area contributed by atoms with Gasteiger partial charge in [-0.05, 0) is 74.2 Å². The number of methoxy groups -OCH3 is 1. The van der Waals surface area contributed by atoms with E-state index in [1.54, 1.807) is 36.3 Å². The summed E-state index contributed by atoms with van der Waals surface area (Å²) in [4.78, 5) is 26.6. The molecule has 1 N–H and O–H groups in total. The van der Waals surface area contributed by atoms with Crippen LogP contribution in [0.5, 0.6) is 11.5 Å². The Morgan fingerprint density at radius 2 is 1.66 bits per heavy atom. The van der Waals surface area contributed by atoms with Crippen molar-refractivity contribution in [2.24, 2.45) is 0 Å². The molecule has 0 radical (unpaired) electrons. The summed E-state index contributed by atoms with van der Waals surface area (Å²) < 4.78 is 10.8. The number of ether oxygens (including phenoxy) is 2. The highest BCUT2D eigenvalue weighted by molar-refractivity contribution is 5.94. The van der Waals surface area contributed by atoms with Crippen LogP contribution in [0.4, 0.5) is 0 Å². The Bertz CT molecular complexity index is 856. The molecule has 3 rings (SSSR count). The van der Waals surface area contributed by atoms with Crippen molar-refractivity contribution in [3.05, 3.63) is 59.2 Å². The zero-order valence-corrected chi connectivity index (χ0v) is 17.2. The first kappa shape index (κ1) is 20.7. The van der Waals surface area contributed by atoms with E-state index in [-0.39, 0.29) is 24.5 Å². The van der Waals surface area contributed by atoms with E-state index in [1.165, 1.54) is 5.56 Å². The fourth-order valence-corrected chi connectivity index (χ4v) is 3.32. The molecule has 6 nitrogen and oxygen atoms in total. The van der Waals surface area contributed by atoms with Crippen molar-refractivity contribution < 1.29 is 19.1 Å². The molecule has 0 atom stereocenters. The fourth-order valence-electron chi connectivity index (χ4n) is 3.32. The third-order valence-corrected chi connectivity index (χ3v) is 5.38. The maximum Gasteiger partial charge on any atom is 0.260 e. The molecule has 1 aliphatic rings. The number of carbonyl (C=O) groups is 2. The number of likely N-dealkylation sites (tertiary alicyclic amines) is 1. The summed E-state index contributed by atoms with van der Waals surface area (Å²) >= 11 is 0. The van der Waals surface area contributed by atoms with E-state index >= 15 is 0 Å². The normalized spacial score (nSPS) is 14.4. The van der Waals surface area contributed by atoms with Crippen LogP contribution in [-0.2, 0) is 4.79 Å². The van der Waals surface area contributed by atoms with E-state index in [9.17, 15) is 9.59 Å². The molecule has 1 fully saturated rings. The Morgan fingerprint density at radius 3 is 2.28 bits per heavy atom. The minimum Gasteiger partial charge on any atom is -0.497 e. The van der Waals surface area contributed by atoms with Gasteiger partial charge < -0.3 is 19.7 Å². The van der Waals surface area contributed by atoms with Crippen LogP contribution in [0.1, 0.15) is 34.3 Å². The minimum absolute atomic E-state index is 0.0249. The summed E-state index contributed by atoms with van der Waals surface area (Å²) in [6.45, 7) is 5.33. The molecule has 2 aromatic rings. The predicted octanol–water partition coefficient (Wildman–Crippen LogP) is 3.11. The van der Waals surface area contributed by atoms with Crippen LogP contribution in [0.3, 0.4) is 0 Å². The molecule has 1 saturated heterocycles. The molecule has 29 heavy (non-hydrogen) atoms. The van der Waals surface area contributed by atoms with Gasteiger partial charge in [0, 0.05) is 24.7 Å². The van der Waals surface area contributed by atoms with Gasteiger partial charge in [-0.15, -0.1) is 0 Å². The maximum atomic E-state index is 12.4. The van der Waals surface area contributed by atoms with Gasteiger partial charge in [0.1, 0.15) is 11.5 Å². The van der Waals surface area contributed by atoms with Crippen LogP contribution in [-0.4, -0.2) is 49.6 Å². The van der Waals surface area contributed by atoms with Crippen molar-refractivity contribution >= 4 is 11.8 Å². The van der Waals surface area contributed by atoms with Crippen molar-refractivity contribution in [1.29, 1.82) is 0 Å². The number of hydrogen-bond donors (Lipinski definition) is 1. The average molecular weight is 396 g/mol. The van der Waals surface area contributed by atoms with Crippen molar-refractivity contribution in [2.75, 3.05) is 26.8 Å². The minimum atomic E-state index is -0.101. The third kappa shape index (κ3) is 5.50. The fraction of sp³-hybridized carbons (Fsp3) is 0.391. The number of aryl methyl sites for hydroxylation is 2. The lowest BCUT2D eigenvalue weighted by Crippen LogP contribution is -2.47. The monoisotopic (exact) mass is 396 g/mol. The molecule has 154 valence electrons. The second-order valence-electron chi connectivity index (χ2n) is 7.39. The van der Waals surface area contributed by atoms with Crippen LogP contribution >= 0.6 is 0 Å². The Hall–Kier alpha value is -3.02. The highest BCUT2D eigenvalue weighted by Gasteiger charge is 2.24. The van der Waals surface area contributed by atoms with E-state index < -0.39 is 0 Å². The summed E-state index contributed by atoms with van der Waals surface area (Å²) in [5, 5.41) is 3.05. The van der Waals surface area contributed by atoms with Crippen molar-refractivity contribution in [2.45, 2.75) is 32.7 Å². The lowest BCUT2D eigenvalue weighted by atomic mass is 10.0. The molecule has 0 aliphatic carbocycles. The summed E-state index contributed by atoms with van der Waals surface area (Å²) in [5.74, 6) is 1.30. The third-order valence-electron chi connectivity index (χ3n) is 5.38. The van der Waals surface area contributed by atoms with Gasteiger partial charge >= 0.3 is 0 Å². The highest BCUT2D eigenvalue weighted by atomic mass is 16.5. The Morgan fingerprint density at radius 1 is 1.00 bits per heavy atom. The summed E-state index contributed by atoms with van der Waals surface area (Å²) in [7, 11) is 1.59. The number of rotatable bonds is 6. The Labute approximate surface area is 171 Å². The molecule has 0 saturated carbocycles. The van der Waals surface area contributed by atoms with Crippen LogP contribution in [0.2, 0.25) is 0 Å². The van der Waals surface area contributed by atoms with E-state index in [2.05, 4.69) is 5.32 Å². The standard InChI is InChI=1S/C23H28N2O4/c1-16-4-7-21(14-17(16)2)29-15-22(26)25-12-10-19(11-13-25)24-23(27)18-5-8-20(28-3)9-6-18/h4-9,14,19H,10-13,15H2,1-3H3,(H,24,27). The molecule has 1 aliphatic heterocycles. The van der Waals surface area contributed by atoms with Crippen LogP contribution < -0.4 is 14.8 Å². The van der Waals surface area contributed by atoms with Gasteiger partial charge in [0.2, 0.25) is 0 Å². The Kier molecular flexibility index (Phi) is 6.75. The first-order chi connectivity index (χ1) is 14.0. The number of nitrogens with zero attached hydrogens (tertiary/aromatic N) is 1. The number of hydrogen-bond acceptors (Lipinski definition) is 4. The molecule has 0 unspecified atom stereocenters. The summed E-state index contributed by atoms with van der Waals surface area (Å²) in [6, 6.07) is 12.9. The molecule has 0 spiro atoms. The Balaban J connectivity index is 1.43. The van der Waals surface area contributed by atoms with Crippen LogP contribution in [0, 0.1) is 13.8 Å². The molecule has 0 bridgehead atoms. The molecule has 6 heteroatoms. The molecule has 1 heterocycles. The number of amides is 2. The van der Waals surface area contributed by atoms with Crippen molar-refractivity contribution in [3.8, 4) is 11.5 Å². The molecular weight excluding hydrogens is 368 g/mol.